The quantitative estimate of drug-likeness (QED) is 0.802. The molecule has 1 heterocycles. The number of rotatable bonds is 4. The second-order valence-corrected chi connectivity index (χ2v) is 7.59. The van der Waals surface area contributed by atoms with Gasteiger partial charge in [-0.15, -0.1) is 0 Å². The molecule has 0 radical (unpaired) electrons. The van der Waals surface area contributed by atoms with Crippen molar-refractivity contribution in [3.05, 3.63) is 39.9 Å². The molecule has 1 aromatic carbocycles. The second kappa shape index (κ2) is 6.71. The van der Waals surface area contributed by atoms with Crippen LogP contribution in [-0.2, 0) is 10.2 Å². The molecule has 0 saturated heterocycles. The number of carbonyl (C=O) groups excluding carboxylic acids is 1. The number of hydrogen-bond acceptors (Lipinski definition) is 5. The Labute approximate surface area is 141 Å². The van der Waals surface area contributed by atoms with Crippen LogP contribution < -0.4 is 5.32 Å². The third-order valence-corrected chi connectivity index (χ3v) is 4.51. The van der Waals surface area contributed by atoms with Crippen molar-refractivity contribution in [2.45, 2.75) is 47.0 Å². The predicted octanol–water partition coefficient (Wildman–Crippen LogP) is 4.98. The highest BCUT2D eigenvalue weighted by atomic mass is 32.1. The maximum Gasteiger partial charge on any atom is 0.350 e. The Morgan fingerprint density at radius 1 is 1.26 bits per heavy atom. The van der Waals surface area contributed by atoms with Crippen LogP contribution in [0.3, 0.4) is 0 Å². The van der Waals surface area contributed by atoms with Gasteiger partial charge in [0.2, 0.25) is 0 Å². The maximum absolute atomic E-state index is 12.2. The van der Waals surface area contributed by atoms with Gasteiger partial charge in [-0.3, -0.25) is 0 Å². The molecule has 0 atom stereocenters. The smallest absolute Gasteiger partial charge is 0.350 e. The Morgan fingerprint density at radius 3 is 2.52 bits per heavy atom. The Morgan fingerprint density at radius 2 is 1.96 bits per heavy atom. The maximum atomic E-state index is 12.2. The molecule has 0 aliphatic heterocycles. The normalized spacial score (nSPS) is 11.4. The van der Waals surface area contributed by atoms with E-state index in [0.29, 0.717) is 16.6 Å². The van der Waals surface area contributed by atoms with Crippen LogP contribution in [0.4, 0.5) is 10.8 Å². The fraction of sp³-hybridized carbons (Fsp3) is 0.444. The van der Waals surface area contributed by atoms with E-state index in [1.807, 2.05) is 33.8 Å². The third kappa shape index (κ3) is 4.10. The van der Waals surface area contributed by atoms with Gasteiger partial charge in [-0.1, -0.05) is 38.2 Å². The summed E-state index contributed by atoms with van der Waals surface area (Å²) in [6.45, 7) is 12.5. The molecular formula is C18H24N2O2S. The zero-order valence-corrected chi connectivity index (χ0v) is 15.4. The molecule has 2 rings (SSSR count). The first-order valence-corrected chi connectivity index (χ1v) is 8.56. The number of carbonyl (C=O) groups is 1. The molecule has 0 amide bonds. The van der Waals surface area contributed by atoms with Gasteiger partial charge < -0.3 is 10.1 Å². The molecule has 2 aromatic rings. The van der Waals surface area contributed by atoms with E-state index < -0.39 is 0 Å². The lowest BCUT2D eigenvalue weighted by atomic mass is 9.91. The topological polar surface area (TPSA) is 51.2 Å². The summed E-state index contributed by atoms with van der Waals surface area (Å²) in [5.41, 5.74) is 3.98. The highest BCUT2D eigenvalue weighted by Gasteiger charge is 2.28. The molecule has 23 heavy (non-hydrogen) atoms. The lowest BCUT2D eigenvalue weighted by molar-refractivity contribution is 0.0529. The SMILES string of the molecule is CCOC(=O)c1sc(Nc2ccc(C)c(C)c2)nc1C(C)(C)C. The summed E-state index contributed by atoms with van der Waals surface area (Å²) < 4.78 is 5.17. The predicted molar refractivity (Wildman–Crippen MR) is 96.0 cm³/mol. The highest BCUT2D eigenvalue weighted by Crippen LogP contribution is 2.34. The van der Waals surface area contributed by atoms with Crippen LogP contribution in [0, 0.1) is 13.8 Å². The van der Waals surface area contributed by atoms with Gasteiger partial charge in [-0.05, 0) is 44.0 Å². The number of nitrogens with one attached hydrogen (secondary N) is 1. The largest absolute Gasteiger partial charge is 0.462 e. The number of aromatic nitrogens is 1. The van der Waals surface area contributed by atoms with Crippen LogP contribution in [0.2, 0.25) is 0 Å². The van der Waals surface area contributed by atoms with E-state index in [2.05, 4.69) is 36.3 Å². The minimum absolute atomic E-state index is 0.221. The second-order valence-electron chi connectivity index (χ2n) is 6.59. The molecule has 0 spiro atoms. The standard InChI is InChI=1S/C18H24N2O2S/c1-7-22-16(21)14-15(18(4,5)6)20-17(23-14)19-13-9-8-11(2)12(3)10-13/h8-10H,7H2,1-6H3,(H,19,20). The number of thiazole rings is 1. The van der Waals surface area contributed by atoms with Gasteiger partial charge in [0.05, 0.1) is 12.3 Å². The Kier molecular flexibility index (Phi) is 5.09. The zero-order valence-electron chi connectivity index (χ0n) is 14.6. The monoisotopic (exact) mass is 332 g/mol. The van der Waals surface area contributed by atoms with Crippen LogP contribution in [0.5, 0.6) is 0 Å². The molecule has 0 aliphatic carbocycles. The lowest BCUT2D eigenvalue weighted by Crippen LogP contribution is -2.17. The lowest BCUT2D eigenvalue weighted by Gasteiger charge is -2.16. The average molecular weight is 332 g/mol. The number of esters is 1. The van der Waals surface area contributed by atoms with Gasteiger partial charge in [-0.25, -0.2) is 9.78 Å². The zero-order chi connectivity index (χ0) is 17.2. The van der Waals surface area contributed by atoms with E-state index in [4.69, 9.17) is 4.74 Å². The summed E-state index contributed by atoms with van der Waals surface area (Å²) in [5, 5.41) is 4.01. The molecule has 1 N–H and O–H groups in total. The molecule has 5 heteroatoms. The Hall–Kier alpha value is -1.88. The summed E-state index contributed by atoms with van der Waals surface area (Å²) >= 11 is 1.34. The van der Waals surface area contributed by atoms with Crippen LogP contribution in [-0.4, -0.2) is 17.6 Å². The van der Waals surface area contributed by atoms with Gasteiger partial charge in [0, 0.05) is 11.1 Å². The van der Waals surface area contributed by atoms with Crippen LogP contribution in [0.1, 0.15) is 54.2 Å². The molecular weight excluding hydrogens is 308 g/mol. The van der Waals surface area contributed by atoms with Crippen molar-refractivity contribution >= 4 is 28.1 Å². The van der Waals surface area contributed by atoms with Gasteiger partial charge >= 0.3 is 5.97 Å². The number of nitrogens with zero attached hydrogens (tertiary/aromatic N) is 1. The number of ether oxygens (including phenoxy) is 1. The van der Waals surface area contributed by atoms with E-state index >= 15 is 0 Å². The van der Waals surface area contributed by atoms with Crippen molar-refractivity contribution < 1.29 is 9.53 Å². The molecule has 124 valence electrons. The van der Waals surface area contributed by atoms with Crippen molar-refractivity contribution in [3.8, 4) is 0 Å². The number of benzene rings is 1. The van der Waals surface area contributed by atoms with Crippen LogP contribution in [0.15, 0.2) is 18.2 Å². The van der Waals surface area contributed by atoms with Crippen LogP contribution in [0.25, 0.3) is 0 Å². The van der Waals surface area contributed by atoms with Crippen molar-refractivity contribution in [1.29, 1.82) is 0 Å². The molecule has 0 saturated carbocycles. The summed E-state index contributed by atoms with van der Waals surface area (Å²) in [7, 11) is 0. The molecule has 1 aromatic heterocycles. The fourth-order valence-electron chi connectivity index (χ4n) is 2.16. The molecule has 0 fully saturated rings. The molecule has 0 aliphatic rings. The molecule has 4 nitrogen and oxygen atoms in total. The number of anilines is 2. The van der Waals surface area contributed by atoms with Crippen molar-refractivity contribution in [3.63, 3.8) is 0 Å². The summed E-state index contributed by atoms with van der Waals surface area (Å²) in [5.74, 6) is -0.303. The van der Waals surface area contributed by atoms with Gasteiger partial charge in [-0.2, -0.15) is 0 Å². The first-order valence-electron chi connectivity index (χ1n) is 7.75. The minimum atomic E-state index is -0.303. The summed E-state index contributed by atoms with van der Waals surface area (Å²) in [6.07, 6.45) is 0. The van der Waals surface area contributed by atoms with Crippen molar-refractivity contribution in [1.82, 2.24) is 4.98 Å². The van der Waals surface area contributed by atoms with E-state index in [1.54, 1.807) is 0 Å². The molecule has 0 unspecified atom stereocenters. The Balaban J connectivity index is 2.36. The number of aryl methyl sites for hydroxylation is 2. The first-order chi connectivity index (χ1) is 10.7. The van der Waals surface area contributed by atoms with E-state index in [9.17, 15) is 4.79 Å². The van der Waals surface area contributed by atoms with Crippen LogP contribution >= 0.6 is 11.3 Å². The molecule has 0 bridgehead atoms. The Bertz CT molecular complexity index is 714. The van der Waals surface area contributed by atoms with Gasteiger partial charge in [0.25, 0.3) is 0 Å². The van der Waals surface area contributed by atoms with Crippen molar-refractivity contribution in [2.24, 2.45) is 0 Å². The first kappa shape index (κ1) is 17.5. The summed E-state index contributed by atoms with van der Waals surface area (Å²) in [4.78, 5) is 17.4. The van der Waals surface area contributed by atoms with Crippen molar-refractivity contribution in [2.75, 3.05) is 11.9 Å². The van der Waals surface area contributed by atoms with E-state index in [-0.39, 0.29) is 11.4 Å². The summed E-state index contributed by atoms with van der Waals surface area (Å²) in [6, 6.07) is 6.17. The van der Waals surface area contributed by atoms with Gasteiger partial charge in [0.1, 0.15) is 4.88 Å². The average Bonchev–Trinajstić information content (AvgIpc) is 2.87. The number of hydrogen-bond donors (Lipinski definition) is 1. The van der Waals surface area contributed by atoms with Gasteiger partial charge in [0.15, 0.2) is 5.13 Å². The van der Waals surface area contributed by atoms with E-state index in [1.165, 1.54) is 22.5 Å². The third-order valence-electron chi connectivity index (χ3n) is 3.56. The fourth-order valence-corrected chi connectivity index (χ4v) is 3.25. The minimum Gasteiger partial charge on any atom is -0.462 e. The highest BCUT2D eigenvalue weighted by molar-refractivity contribution is 7.17. The van der Waals surface area contributed by atoms with E-state index in [0.717, 1.165) is 11.4 Å².